The minimum absolute atomic E-state index is 0.0394. The predicted molar refractivity (Wildman–Crippen MR) is 111 cm³/mol. The number of nitro groups is 1. The van der Waals surface area contributed by atoms with Crippen molar-refractivity contribution in [2.24, 2.45) is 12.1 Å². The summed E-state index contributed by atoms with van der Waals surface area (Å²) in [6.45, 7) is 0. The number of hydrogen-bond donors (Lipinski definition) is 1. The Bertz CT molecular complexity index is 1270. The molecule has 0 unspecified atom stereocenters. The van der Waals surface area contributed by atoms with Gasteiger partial charge in [-0.2, -0.15) is 10.1 Å². The Kier molecular flexibility index (Phi) is 5.09. The van der Waals surface area contributed by atoms with Crippen LogP contribution in [0.4, 0.5) is 11.6 Å². The molecule has 1 N–H and O–H groups in total. The fourth-order valence-electron chi connectivity index (χ4n) is 3.67. The van der Waals surface area contributed by atoms with Crippen LogP contribution >= 0.6 is 0 Å². The molecule has 4 rings (SSSR count). The average Bonchev–Trinajstić information content (AvgIpc) is 3.27. The third-order valence-corrected chi connectivity index (χ3v) is 5.19. The van der Waals surface area contributed by atoms with E-state index in [9.17, 15) is 19.7 Å². The SMILES string of the molecule is Cn1c(=O)c(=O)n(C2CCCC2)c2nc(N/N=C/c3cccc([N+](=O)[O-])c3)ncc21. The standard InChI is InChI=1S/C19H19N7O4/c1-24-15-11-20-19(23-21-10-12-5-4-8-14(9-12)26(29)30)22-16(15)25(18(28)17(24)27)13-6-2-3-7-13/h4-5,8-11,13H,2-3,6-7H2,1H3,(H,20,22,23)/b21-10+. The fraction of sp³-hybridized carbons (Fsp3) is 0.316. The van der Waals surface area contributed by atoms with Gasteiger partial charge in [-0.05, 0) is 12.8 Å². The van der Waals surface area contributed by atoms with E-state index in [1.807, 2.05) is 0 Å². The molecular weight excluding hydrogens is 390 g/mol. The number of hydrogen-bond acceptors (Lipinski definition) is 8. The van der Waals surface area contributed by atoms with Gasteiger partial charge >= 0.3 is 11.1 Å². The van der Waals surface area contributed by atoms with Crippen LogP contribution in [0.15, 0.2) is 45.2 Å². The van der Waals surface area contributed by atoms with E-state index >= 15 is 0 Å². The molecule has 1 fully saturated rings. The summed E-state index contributed by atoms with van der Waals surface area (Å²) in [5.74, 6) is 0.147. The van der Waals surface area contributed by atoms with E-state index < -0.39 is 16.0 Å². The van der Waals surface area contributed by atoms with Gasteiger partial charge in [0.2, 0.25) is 5.95 Å². The summed E-state index contributed by atoms with van der Waals surface area (Å²) in [4.78, 5) is 44.0. The smallest absolute Gasteiger partial charge is 0.303 e. The van der Waals surface area contributed by atoms with Crippen molar-refractivity contribution in [2.75, 3.05) is 5.43 Å². The van der Waals surface area contributed by atoms with Gasteiger partial charge in [0.15, 0.2) is 5.65 Å². The van der Waals surface area contributed by atoms with Gasteiger partial charge < -0.3 is 4.57 Å². The van der Waals surface area contributed by atoms with Crippen LogP contribution in [0.2, 0.25) is 0 Å². The number of fused-ring (bicyclic) bond motifs is 1. The first-order valence-electron chi connectivity index (χ1n) is 9.47. The van der Waals surface area contributed by atoms with E-state index in [2.05, 4.69) is 20.5 Å². The molecule has 0 atom stereocenters. The second-order valence-corrected chi connectivity index (χ2v) is 7.10. The van der Waals surface area contributed by atoms with Crippen LogP contribution in [0.5, 0.6) is 0 Å². The monoisotopic (exact) mass is 409 g/mol. The van der Waals surface area contributed by atoms with Crippen molar-refractivity contribution in [1.82, 2.24) is 19.1 Å². The molecular formula is C19H19N7O4. The van der Waals surface area contributed by atoms with Crippen LogP contribution in [0, 0.1) is 10.1 Å². The normalized spacial score (nSPS) is 14.6. The van der Waals surface area contributed by atoms with Crippen molar-refractivity contribution in [3.05, 3.63) is 66.8 Å². The van der Waals surface area contributed by atoms with Gasteiger partial charge in [-0.25, -0.2) is 10.4 Å². The van der Waals surface area contributed by atoms with E-state index in [4.69, 9.17) is 0 Å². The second kappa shape index (κ2) is 7.85. The third kappa shape index (κ3) is 3.56. The first-order valence-corrected chi connectivity index (χ1v) is 9.47. The number of hydrazone groups is 1. The molecule has 11 nitrogen and oxygen atoms in total. The summed E-state index contributed by atoms with van der Waals surface area (Å²) in [7, 11) is 1.52. The Labute approximate surface area is 169 Å². The number of aryl methyl sites for hydroxylation is 1. The third-order valence-electron chi connectivity index (χ3n) is 5.19. The number of non-ortho nitro benzene ring substituents is 1. The van der Waals surface area contributed by atoms with Gasteiger partial charge in [0.1, 0.15) is 5.52 Å². The molecule has 1 saturated carbocycles. The van der Waals surface area contributed by atoms with Crippen molar-refractivity contribution < 1.29 is 4.92 Å². The lowest BCUT2D eigenvalue weighted by Gasteiger charge is -2.17. The van der Waals surface area contributed by atoms with Crippen LogP contribution in [-0.4, -0.2) is 30.2 Å². The number of nitro benzene ring substituents is 1. The van der Waals surface area contributed by atoms with Gasteiger partial charge in [-0.1, -0.05) is 25.0 Å². The molecule has 1 aromatic carbocycles. The van der Waals surface area contributed by atoms with Gasteiger partial charge in [-0.15, -0.1) is 0 Å². The Morgan fingerprint density at radius 2 is 2.03 bits per heavy atom. The lowest BCUT2D eigenvalue weighted by molar-refractivity contribution is -0.384. The van der Waals surface area contributed by atoms with Gasteiger partial charge in [0.05, 0.1) is 17.3 Å². The zero-order chi connectivity index (χ0) is 21.3. The van der Waals surface area contributed by atoms with Crippen molar-refractivity contribution in [1.29, 1.82) is 0 Å². The average molecular weight is 409 g/mol. The molecule has 0 amide bonds. The maximum Gasteiger partial charge on any atom is 0.318 e. The van der Waals surface area contributed by atoms with Gasteiger partial charge in [0, 0.05) is 30.8 Å². The number of benzene rings is 1. The summed E-state index contributed by atoms with van der Waals surface area (Å²) in [6, 6.07) is 5.95. The molecule has 11 heteroatoms. The van der Waals surface area contributed by atoms with E-state index in [-0.39, 0.29) is 17.7 Å². The Morgan fingerprint density at radius 3 is 2.77 bits per heavy atom. The van der Waals surface area contributed by atoms with Crippen LogP contribution in [-0.2, 0) is 7.05 Å². The predicted octanol–water partition coefficient (Wildman–Crippen LogP) is 1.96. The van der Waals surface area contributed by atoms with Gasteiger partial charge in [-0.3, -0.25) is 24.3 Å². The zero-order valence-corrected chi connectivity index (χ0v) is 16.2. The molecule has 0 bridgehead atoms. The first-order chi connectivity index (χ1) is 14.5. The van der Waals surface area contributed by atoms with Crippen LogP contribution < -0.4 is 16.5 Å². The van der Waals surface area contributed by atoms with E-state index in [0.717, 1.165) is 25.7 Å². The maximum atomic E-state index is 12.7. The molecule has 0 aliphatic heterocycles. The van der Waals surface area contributed by atoms with Crippen molar-refractivity contribution in [3.8, 4) is 0 Å². The first kappa shape index (κ1) is 19.4. The van der Waals surface area contributed by atoms with Crippen molar-refractivity contribution in [3.63, 3.8) is 0 Å². The molecule has 1 aliphatic carbocycles. The molecule has 2 aromatic heterocycles. The number of aromatic nitrogens is 4. The van der Waals surface area contributed by atoms with E-state index in [1.165, 1.54) is 40.7 Å². The minimum Gasteiger partial charge on any atom is -0.303 e. The lowest BCUT2D eigenvalue weighted by Crippen LogP contribution is -2.42. The highest BCUT2D eigenvalue weighted by atomic mass is 16.6. The van der Waals surface area contributed by atoms with Crippen LogP contribution in [0.1, 0.15) is 37.3 Å². The summed E-state index contributed by atoms with van der Waals surface area (Å²) >= 11 is 0. The molecule has 3 aromatic rings. The molecule has 30 heavy (non-hydrogen) atoms. The Balaban J connectivity index is 1.69. The van der Waals surface area contributed by atoms with Crippen molar-refractivity contribution in [2.45, 2.75) is 31.7 Å². The lowest BCUT2D eigenvalue weighted by atomic mass is 10.2. The molecule has 0 saturated heterocycles. The second-order valence-electron chi connectivity index (χ2n) is 7.10. The van der Waals surface area contributed by atoms with E-state index in [1.54, 1.807) is 12.1 Å². The summed E-state index contributed by atoms with van der Waals surface area (Å²) < 4.78 is 2.72. The van der Waals surface area contributed by atoms with Crippen LogP contribution in [0.25, 0.3) is 11.2 Å². The summed E-state index contributed by atoms with van der Waals surface area (Å²) in [5, 5.41) is 14.9. The fourth-order valence-corrected chi connectivity index (χ4v) is 3.67. The molecule has 1 aliphatic rings. The number of nitrogens with one attached hydrogen (secondary N) is 1. The summed E-state index contributed by atoms with van der Waals surface area (Å²) in [5.41, 5.74) is 2.80. The highest BCUT2D eigenvalue weighted by molar-refractivity contribution is 5.81. The van der Waals surface area contributed by atoms with E-state index in [0.29, 0.717) is 16.7 Å². The Hall–Kier alpha value is -3.89. The summed E-state index contributed by atoms with van der Waals surface area (Å²) in [6.07, 6.45) is 6.51. The molecule has 0 spiro atoms. The molecule has 154 valence electrons. The molecule has 2 heterocycles. The van der Waals surface area contributed by atoms with Crippen molar-refractivity contribution >= 4 is 29.0 Å². The zero-order valence-electron chi connectivity index (χ0n) is 16.2. The highest BCUT2D eigenvalue weighted by Crippen LogP contribution is 2.29. The van der Waals surface area contributed by atoms with Gasteiger partial charge in [0.25, 0.3) is 5.69 Å². The quantitative estimate of drug-likeness (QED) is 0.294. The number of nitrogens with zero attached hydrogens (tertiary/aromatic N) is 6. The minimum atomic E-state index is -0.609. The number of rotatable bonds is 5. The topological polar surface area (TPSA) is 137 Å². The largest absolute Gasteiger partial charge is 0.318 e. The highest BCUT2D eigenvalue weighted by Gasteiger charge is 2.23. The van der Waals surface area contributed by atoms with Crippen LogP contribution in [0.3, 0.4) is 0 Å². The molecule has 0 radical (unpaired) electrons. The number of anilines is 1. The Morgan fingerprint density at radius 1 is 1.27 bits per heavy atom. The maximum absolute atomic E-state index is 12.7.